The molecule has 182 valence electrons. The zero-order chi connectivity index (χ0) is 25.0. The number of amides is 1. The number of imidazole rings is 1. The Bertz CT molecular complexity index is 1260. The van der Waals surface area contributed by atoms with Gasteiger partial charge in [0.2, 0.25) is 5.91 Å². The normalized spacial score (nSPS) is 12.1. The van der Waals surface area contributed by atoms with E-state index in [1.807, 2.05) is 29.8 Å². The number of carbonyl (C=O) groups excluding carboxylic acids is 1. The van der Waals surface area contributed by atoms with Gasteiger partial charge in [0, 0.05) is 32.9 Å². The summed E-state index contributed by atoms with van der Waals surface area (Å²) in [5, 5.41) is 0. The number of halogens is 1. The van der Waals surface area contributed by atoms with Gasteiger partial charge < -0.3 is 14.0 Å². The van der Waals surface area contributed by atoms with Gasteiger partial charge in [0.1, 0.15) is 11.6 Å². The first kappa shape index (κ1) is 25.4. The third kappa shape index (κ3) is 6.22. The Labute approximate surface area is 200 Å². The van der Waals surface area contributed by atoms with E-state index in [0.717, 1.165) is 35.0 Å². The van der Waals surface area contributed by atoms with Crippen molar-refractivity contribution < 1.29 is 9.18 Å². The van der Waals surface area contributed by atoms with E-state index in [2.05, 4.69) is 20.8 Å². The van der Waals surface area contributed by atoms with E-state index in [4.69, 9.17) is 4.98 Å². The van der Waals surface area contributed by atoms with Gasteiger partial charge in [0.15, 0.2) is 0 Å². The number of hydrogen-bond donors (Lipinski definition) is 0. The molecule has 0 saturated heterocycles. The van der Waals surface area contributed by atoms with Crippen molar-refractivity contribution >= 4 is 16.9 Å². The van der Waals surface area contributed by atoms with Crippen LogP contribution in [-0.4, -0.2) is 39.0 Å². The molecule has 0 fully saturated rings. The number of benzene rings is 1. The summed E-state index contributed by atoms with van der Waals surface area (Å²) < 4.78 is 17.9. The lowest BCUT2D eigenvalue weighted by Crippen LogP contribution is -2.24. The molecule has 7 heteroatoms. The molecule has 0 radical (unpaired) electrons. The summed E-state index contributed by atoms with van der Waals surface area (Å²) in [6.07, 6.45) is 8.01. The molecule has 0 aliphatic carbocycles. The molecule has 0 spiro atoms. The summed E-state index contributed by atoms with van der Waals surface area (Å²) in [6, 6.07) is 6.79. The van der Waals surface area contributed by atoms with Gasteiger partial charge >= 0.3 is 0 Å². The number of nitrogens with zero attached hydrogens (tertiary/aromatic N) is 4. The van der Waals surface area contributed by atoms with E-state index in [-0.39, 0.29) is 22.7 Å². The van der Waals surface area contributed by atoms with Crippen LogP contribution in [0.2, 0.25) is 0 Å². The van der Waals surface area contributed by atoms with Gasteiger partial charge in [-0.2, -0.15) is 0 Å². The minimum atomic E-state index is -0.276. The molecule has 3 rings (SSSR count). The quantitative estimate of drug-likeness (QED) is 0.363. The van der Waals surface area contributed by atoms with E-state index in [0.29, 0.717) is 25.2 Å². The average Bonchev–Trinajstić information content (AvgIpc) is 3.04. The molecular weight excluding hydrogens is 431 g/mol. The van der Waals surface area contributed by atoms with Crippen molar-refractivity contribution in [2.45, 2.75) is 53.0 Å². The molecule has 0 unspecified atom stereocenters. The second-order valence-electron chi connectivity index (χ2n) is 10.3. The monoisotopic (exact) mass is 466 g/mol. The molecule has 3 aromatic rings. The molecule has 1 amide bonds. The zero-order valence-corrected chi connectivity index (χ0v) is 21.1. The molecule has 1 aromatic carbocycles. The first-order chi connectivity index (χ1) is 16.0. The van der Waals surface area contributed by atoms with Gasteiger partial charge in [-0.3, -0.25) is 9.59 Å². The number of aryl methyl sites for hydroxylation is 2. The van der Waals surface area contributed by atoms with Crippen LogP contribution in [0.4, 0.5) is 4.39 Å². The van der Waals surface area contributed by atoms with Crippen LogP contribution < -0.4 is 5.56 Å². The molecule has 34 heavy (non-hydrogen) atoms. The summed E-state index contributed by atoms with van der Waals surface area (Å²) in [4.78, 5) is 31.0. The van der Waals surface area contributed by atoms with Crippen LogP contribution in [0.15, 0.2) is 47.4 Å². The van der Waals surface area contributed by atoms with E-state index in [1.165, 1.54) is 11.0 Å². The number of pyridine rings is 1. The Morgan fingerprint density at radius 3 is 2.62 bits per heavy atom. The number of rotatable bonds is 8. The molecule has 0 saturated carbocycles. The number of unbranched alkanes of at least 4 members (excludes halogenated alkanes) is 1. The van der Waals surface area contributed by atoms with Crippen molar-refractivity contribution in [3.05, 3.63) is 75.7 Å². The minimum Gasteiger partial charge on any atom is -0.345 e. The Kier molecular flexibility index (Phi) is 7.75. The molecule has 6 nitrogen and oxygen atoms in total. The first-order valence-corrected chi connectivity index (χ1v) is 11.7. The Balaban J connectivity index is 1.80. The van der Waals surface area contributed by atoms with Crippen LogP contribution in [0.1, 0.15) is 50.6 Å². The molecule has 2 heterocycles. The third-order valence-electron chi connectivity index (χ3n) is 5.77. The number of hydrogen-bond acceptors (Lipinski definition) is 3. The summed E-state index contributed by atoms with van der Waals surface area (Å²) in [7, 11) is 5.29. The van der Waals surface area contributed by atoms with Crippen LogP contribution in [0.3, 0.4) is 0 Å². The fourth-order valence-electron chi connectivity index (χ4n) is 4.01. The minimum absolute atomic E-state index is 0.00137. The van der Waals surface area contributed by atoms with Gasteiger partial charge in [0.25, 0.3) is 5.56 Å². The highest BCUT2D eigenvalue weighted by Gasteiger charge is 2.19. The third-order valence-corrected chi connectivity index (χ3v) is 5.77. The SMILES string of the molecule is CN(C)C(=O)/C=C/CCCc1cccn(Cc2nc3c(CC(C)(C)C)cc(F)cc3n2C)c1=O. The molecule has 0 aliphatic heterocycles. The van der Waals surface area contributed by atoms with Gasteiger partial charge in [-0.05, 0) is 60.9 Å². The fraction of sp³-hybridized carbons (Fsp3) is 0.444. The molecule has 0 atom stereocenters. The van der Waals surface area contributed by atoms with E-state index >= 15 is 0 Å². The molecular formula is C27H35FN4O2. The van der Waals surface area contributed by atoms with Crippen LogP contribution in [0.25, 0.3) is 11.0 Å². The largest absolute Gasteiger partial charge is 0.345 e. The van der Waals surface area contributed by atoms with E-state index in [1.54, 1.807) is 37.0 Å². The maximum atomic E-state index is 14.3. The van der Waals surface area contributed by atoms with Crippen molar-refractivity contribution in [3.8, 4) is 0 Å². The van der Waals surface area contributed by atoms with Gasteiger partial charge in [-0.25, -0.2) is 9.37 Å². The highest BCUT2D eigenvalue weighted by Crippen LogP contribution is 2.28. The summed E-state index contributed by atoms with van der Waals surface area (Å²) in [5.41, 5.74) is 3.08. The summed E-state index contributed by atoms with van der Waals surface area (Å²) >= 11 is 0. The Hall–Kier alpha value is -3.22. The number of allylic oxidation sites excluding steroid dienone is 1. The van der Waals surface area contributed by atoms with Crippen molar-refractivity contribution in [1.82, 2.24) is 19.0 Å². The van der Waals surface area contributed by atoms with Gasteiger partial charge in [-0.1, -0.05) is 32.9 Å². The second-order valence-corrected chi connectivity index (χ2v) is 10.3. The fourth-order valence-corrected chi connectivity index (χ4v) is 4.01. The van der Waals surface area contributed by atoms with E-state index < -0.39 is 0 Å². The maximum Gasteiger partial charge on any atom is 0.254 e. The standard InChI is InChI=1S/C27H35FN4O2/c1-27(2,3)17-20-15-21(28)16-22-25(20)29-23(31(22)6)18-32-14-10-12-19(26(32)34)11-8-7-9-13-24(33)30(4)5/h9-10,12-16H,7-8,11,17-18H2,1-6H3/b13-9+. The van der Waals surface area contributed by atoms with Crippen molar-refractivity contribution in [3.63, 3.8) is 0 Å². The Morgan fingerprint density at radius 2 is 1.94 bits per heavy atom. The molecule has 0 aliphatic rings. The number of likely N-dealkylation sites (N-methyl/N-ethyl adjacent to an activating group) is 1. The predicted molar refractivity (Wildman–Crippen MR) is 134 cm³/mol. The highest BCUT2D eigenvalue weighted by atomic mass is 19.1. The maximum absolute atomic E-state index is 14.3. The molecule has 0 N–H and O–H groups in total. The van der Waals surface area contributed by atoms with Crippen LogP contribution in [0.5, 0.6) is 0 Å². The Morgan fingerprint density at radius 1 is 1.21 bits per heavy atom. The number of fused-ring (bicyclic) bond motifs is 1. The molecule has 2 aromatic heterocycles. The predicted octanol–water partition coefficient (Wildman–Crippen LogP) is 4.48. The topological polar surface area (TPSA) is 60.1 Å². The van der Waals surface area contributed by atoms with Crippen molar-refractivity contribution in [2.24, 2.45) is 12.5 Å². The summed E-state index contributed by atoms with van der Waals surface area (Å²) in [5.74, 6) is 0.386. The van der Waals surface area contributed by atoms with Gasteiger partial charge in [0.05, 0.1) is 17.6 Å². The summed E-state index contributed by atoms with van der Waals surface area (Å²) in [6.45, 7) is 6.67. The van der Waals surface area contributed by atoms with Crippen LogP contribution in [-0.2, 0) is 31.2 Å². The molecule has 0 bridgehead atoms. The second kappa shape index (κ2) is 10.4. The highest BCUT2D eigenvalue weighted by molar-refractivity contribution is 5.87. The number of aromatic nitrogens is 3. The van der Waals surface area contributed by atoms with Crippen molar-refractivity contribution in [1.29, 1.82) is 0 Å². The van der Waals surface area contributed by atoms with Crippen LogP contribution in [0, 0.1) is 11.2 Å². The smallest absolute Gasteiger partial charge is 0.254 e. The lowest BCUT2D eigenvalue weighted by atomic mass is 9.87. The van der Waals surface area contributed by atoms with Crippen molar-refractivity contribution in [2.75, 3.05) is 14.1 Å². The zero-order valence-electron chi connectivity index (χ0n) is 21.1. The lowest BCUT2D eigenvalue weighted by molar-refractivity contribution is -0.123. The van der Waals surface area contributed by atoms with Gasteiger partial charge in [-0.15, -0.1) is 0 Å². The van der Waals surface area contributed by atoms with Crippen LogP contribution >= 0.6 is 0 Å². The number of carbonyl (C=O) groups is 1. The first-order valence-electron chi connectivity index (χ1n) is 11.7. The van der Waals surface area contributed by atoms with E-state index in [9.17, 15) is 14.0 Å². The lowest BCUT2D eigenvalue weighted by Gasteiger charge is -2.18. The average molecular weight is 467 g/mol.